The summed E-state index contributed by atoms with van der Waals surface area (Å²) in [5.41, 5.74) is 0.516. The molecule has 4 N–H and O–H groups in total. The van der Waals surface area contributed by atoms with Gasteiger partial charge in [0.25, 0.3) is 0 Å². The highest BCUT2D eigenvalue weighted by molar-refractivity contribution is 6.42. The van der Waals surface area contributed by atoms with Crippen molar-refractivity contribution < 1.29 is 24.6 Å². The number of carboxylic acids is 2. The summed E-state index contributed by atoms with van der Waals surface area (Å²) >= 11 is 11.6. The molecule has 22 heavy (non-hydrogen) atoms. The summed E-state index contributed by atoms with van der Waals surface area (Å²) in [5, 5.41) is 23.1. The van der Waals surface area contributed by atoms with Crippen LogP contribution in [0.4, 0.5) is 5.69 Å². The highest BCUT2D eigenvalue weighted by atomic mass is 35.5. The standard InChI is InChI=1S/C13H14Cl2N2O5/c1-6(16-7-2-3-8(14)9(15)4-7)12(20)17-10(13(21)22)5-11(18)19/h2-4,6,10,16H,5H2,1H3,(H,17,20)(H,18,19)(H,21,22). The van der Waals surface area contributed by atoms with Gasteiger partial charge in [-0.1, -0.05) is 23.2 Å². The van der Waals surface area contributed by atoms with E-state index in [1.165, 1.54) is 13.0 Å². The molecule has 0 aliphatic carbocycles. The van der Waals surface area contributed by atoms with Crippen LogP contribution in [0.1, 0.15) is 13.3 Å². The van der Waals surface area contributed by atoms with Gasteiger partial charge in [0.2, 0.25) is 5.91 Å². The number of hydrogen-bond acceptors (Lipinski definition) is 4. The fraction of sp³-hybridized carbons (Fsp3) is 0.308. The minimum atomic E-state index is -1.50. The first kappa shape index (κ1) is 18.1. The quantitative estimate of drug-likeness (QED) is 0.597. The van der Waals surface area contributed by atoms with Gasteiger partial charge in [0.15, 0.2) is 0 Å². The van der Waals surface area contributed by atoms with Crippen LogP contribution in [0.5, 0.6) is 0 Å². The van der Waals surface area contributed by atoms with E-state index < -0.39 is 36.4 Å². The second-order valence-corrected chi connectivity index (χ2v) is 5.31. The Morgan fingerprint density at radius 1 is 1.18 bits per heavy atom. The molecule has 1 aromatic rings. The van der Waals surface area contributed by atoms with Gasteiger partial charge in [0.05, 0.1) is 16.5 Å². The van der Waals surface area contributed by atoms with Gasteiger partial charge >= 0.3 is 11.9 Å². The minimum absolute atomic E-state index is 0.300. The molecule has 0 fully saturated rings. The highest BCUT2D eigenvalue weighted by Gasteiger charge is 2.25. The number of halogens is 2. The smallest absolute Gasteiger partial charge is 0.326 e. The summed E-state index contributed by atoms with van der Waals surface area (Å²) in [6.07, 6.45) is -0.708. The molecule has 120 valence electrons. The Morgan fingerprint density at radius 3 is 2.32 bits per heavy atom. The molecule has 0 aromatic heterocycles. The first-order chi connectivity index (χ1) is 10.2. The number of amides is 1. The maximum atomic E-state index is 11.9. The van der Waals surface area contributed by atoms with E-state index in [0.29, 0.717) is 15.7 Å². The van der Waals surface area contributed by atoms with Crippen molar-refractivity contribution in [1.29, 1.82) is 0 Å². The summed E-state index contributed by atoms with van der Waals surface area (Å²) in [6.45, 7) is 1.50. The third-order valence-electron chi connectivity index (χ3n) is 2.69. The van der Waals surface area contributed by atoms with Crippen molar-refractivity contribution in [2.45, 2.75) is 25.4 Å². The maximum absolute atomic E-state index is 11.9. The lowest BCUT2D eigenvalue weighted by Gasteiger charge is -2.18. The second kappa shape index (κ2) is 7.86. The van der Waals surface area contributed by atoms with Gasteiger partial charge in [-0.15, -0.1) is 0 Å². The predicted molar refractivity (Wildman–Crippen MR) is 81.4 cm³/mol. The van der Waals surface area contributed by atoms with Crippen molar-refractivity contribution >= 4 is 46.7 Å². The number of rotatable bonds is 7. The van der Waals surface area contributed by atoms with E-state index in [0.717, 1.165) is 0 Å². The van der Waals surface area contributed by atoms with Crippen LogP contribution in [0, 0.1) is 0 Å². The molecule has 1 aromatic carbocycles. The molecule has 0 heterocycles. The first-order valence-corrected chi connectivity index (χ1v) is 6.93. The van der Waals surface area contributed by atoms with Crippen molar-refractivity contribution in [1.82, 2.24) is 5.32 Å². The topological polar surface area (TPSA) is 116 Å². The monoisotopic (exact) mass is 348 g/mol. The van der Waals surface area contributed by atoms with Crippen LogP contribution < -0.4 is 10.6 Å². The molecule has 0 aliphatic heterocycles. The second-order valence-electron chi connectivity index (χ2n) is 4.49. The fourth-order valence-electron chi connectivity index (χ4n) is 1.57. The van der Waals surface area contributed by atoms with Gasteiger partial charge in [0.1, 0.15) is 12.1 Å². The molecule has 0 aliphatic rings. The van der Waals surface area contributed by atoms with Crippen LogP contribution in [0.15, 0.2) is 18.2 Å². The third-order valence-corrected chi connectivity index (χ3v) is 3.43. The van der Waals surface area contributed by atoms with E-state index in [-0.39, 0.29) is 0 Å². The SMILES string of the molecule is CC(Nc1ccc(Cl)c(Cl)c1)C(=O)NC(CC(=O)O)C(=O)O. The van der Waals surface area contributed by atoms with Crippen molar-refractivity contribution in [3.8, 4) is 0 Å². The minimum Gasteiger partial charge on any atom is -0.481 e. The van der Waals surface area contributed by atoms with Crippen molar-refractivity contribution in [3.63, 3.8) is 0 Å². The molecule has 9 heteroatoms. The predicted octanol–water partition coefficient (Wildman–Crippen LogP) is 1.84. The normalized spacial score (nSPS) is 13.0. The molecule has 2 unspecified atom stereocenters. The molecule has 7 nitrogen and oxygen atoms in total. The third kappa shape index (κ3) is 5.42. The lowest BCUT2D eigenvalue weighted by atomic mass is 10.2. The van der Waals surface area contributed by atoms with E-state index in [1.54, 1.807) is 12.1 Å². The van der Waals surface area contributed by atoms with Crippen LogP contribution in [-0.4, -0.2) is 40.1 Å². The Kier molecular flexibility index (Phi) is 6.45. The summed E-state index contributed by atoms with van der Waals surface area (Å²) in [6, 6.07) is 2.36. The lowest BCUT2D eigenvalue weighted by Crippen LogP contribution is -2.47. The number of carboxylic acid groups (broad SMARTS) is 2. The maximum Gasteiger partial charge on any atom is 0.326 e. The summed E-state index contributed by atoms with van der Waals surface area (Å²) in [5.74, 6) is -3.39. The summed E-state index contributed by atoms with van der Waals surface area (Å²) < 4.78 is 0. The number of anilines is 1. The van der Waals surface area contributed by atoms with Gasteiger partial charge in [-0.05, 0) is 25.1 Å². The largest absolute Gasteiger partial charge is 0.481 e. The highest BCUT2D eigenvalue weighted by Crippen LogP contribution is 2.25. The zero-order valence-corrected chi connectivity index (χ0v) is 13.0. The summed E-state index contributed by atoms with van der Waals surface area (Å²) in [4.78, 5) is 33.4. The Hall–Kier alpha value is -1.99. The molecule has 0 radical (unpaired) electrons. The van der Waals surface area contributed by atoms with E-state index in [9.17, 15) is 14.4 Å². The zero-order valence-electron chi connectivity index (χ0n) is 11.5. The number of carbonyl (C=O) groups excluding carboxylic acids is 1. The van der Waals surface area contributed by atoms with Crippen LogP contribution in [0.3, 0.4) is 0 Å². The number of aliphatic carboxylic acids is 2. The zero-order chi connectivity index (χ0) is 16.9. The van der Waals surface area contributed by atoms with Gasteiger partial charge in [-0.25, -0.2) is 4.79 Å². The average Bonchev–Trinajstić information content (AvgIpc) is 2.41. The number of benzene rings is 1. The lowest BCUT2D eigenvalue weighted by molar-refractivity contribution is -0.147. The van der Waals surface area contributed by atoms with Crippen LogP contribution in [-0.2, 0) is 14.4 Å². The van der Waals surface area contributed by atoms with Crippen molar-refractivity contribution in [2.24, 2.45) is 0 Å². The number of hydrogen-bond donors (Lipinski definition) is 4. The van der Waals surface area contributed by atoms with E-state index >= 15 is 0 Å². The van der Waals surface area contributed by atoms with E-state index in [1.807, 2.05) is 0 Å². The fourth-order valence-corrected chi connectivity index (χ4v) is 1.87. The molecular formula is C13H14Cl2N2O5. The Bertz CT molecular complexity index is 594. The molecular weight excluding hydrogens is 335 g/mol. The summed E-state index contributed by atoms with van der Waals surface area (Å²) in [7, 11) is 0. The Balaban J connectivity index is 2.69. The molecule has 0 saturated carbocycles. The van der Waals surface area contributed by atoms with Gasteiger partial charge in [-0.2, -0.15) is 0 Å². The van der Waals surface area contributed by atoms with Crippen molar-refractivity contribution in [2.75, 3.05) is 5.32 Å². The Labute approximate surface area is 136 Å². The first-order valence-electron chi connectivity index (χ1n) is 6.17. The van der Waals surface area contributed by atoms with Gasteiger partial charge < -0.3 is 20.8 Å². The van der Waals surface area contributed by atoms with Crippen molar-refractivity contribution in [3.05, 3.63) is 28.2 Å². The molecule has 0 bridgehead atoms. The molecule has 1 amide bonds. The van der Waals surface area contributed by atoms with Gasteiger partial charge in [0, 0.05) is 5.69 Å². The van der Waals surface area contributed by atoms with Gasteiger partial charge in [-0.3, -0.25) is 9.59 Å². The average molecular weight is 349 g/mol. The van der Waals surface area contributed by atoms with Crippen LogP contribution >= 0.6 is 23.2 Å². The Morgan fingerprint density at radius 2 is 1.82 bits per heavy atom. The van der Waals surface area contributed by atoms with E-state index in [4.69, 9.17) is 33.4 Å². The van der Waals surface area contributed by atoms with E-state index in [2.05, 4.69) is 10.6 Å². The molecule has 0 saturated heterocycles. The van der Waals surface area contributed by atoms with Crippen LogP contribution in [0.2, 0.25) is 10.0 Å². The molecule has 1 rings (SSSR count). The van der Waals surface area contributed by atoms with Crippen LogP contribution in [0.25, 0.3) is 0 Å². The molecule has 2 atom stereocenters. The molecule has 0 spiro atoms. The number of nitrogens with one attached hydrogen (secondary N) is 2. The number of carbonyl (C=O) groups is 3.